The molecule has 0 aromatic heterocycles. The number of aliphatic hydroxyl groups excluding tert-OH is 1. The van der Waals surface area contributed by atoms with Crippen LogP contribution in [-0.2, 0) is 16.6 Å². The van der Waals surface area contributed by atoms with E-state index in [1.54, 1.807) is 12.1 Å². The number of hydrogen-bond acceptors (Lipinski definition) is 5. The third-order valence-corrected chi connectivity index (χ3v) is 7.57. The first-order valence-corrected chi connectivity index (χ1v) is 10.4. The molecule has 4 rings (SSSR count). The molecule has 1 atom stereocenters. The molecule has 2 aromatic rings. The van der Waals surface area contributed by atoms with Gasteiger partial charge in [0.05, 0.1) is 18.0 Å². The van der Waals surface area contributed by atoms with E-state index in [1.165, 1.54) is 4.31 Å². The van der Waals surface area contributed by atoms with E-state index >= 15 is 0 Å². The number of aryl methyl sites for hydroxylation is 1. The summed E-state index contributed by atoms with van der Waals surface area (Å²) in [5.74, 6) is 0.564. The number of nitrogens with zero attached hydrogens (tertiary/aromatic N) is 2. The third kappa shape index (κ3) is 2.77. The van der Waals surface area contributed by atoms with Gasteiger partial charge in [-0.3, -0.25) is 4.99 Å². The van der Waals surface area contributed by atoms with Crippen molar-refractivity contribution in [2.75, 3.05) is 13.2 Å². The van der Waals surface area contributed by atoms with Gasteiger partial charge in [0, 0.05) is 18.2 Å². The lowest BCUT2D eigenvalue weighted by Gasteiger charge is -2.38. The van der Waals surface area contributed by atoms with Gasteiger partial charge in [0.1, 0.15) is 5.84 Å². The molecule has 0 amide bonds. The summed E-state index contributed by atoms with van der Waals surface area (Å²) in [6, 6.07) is 8.99. The largest absolute Gasteiger partial charge is 0.395 e. The Hall–Kier alpha value is -2.22. The summed E-state index contributed by atoms with van der Waals surface area (Å²) in [6.07, 6.45) is 0.699. The van der Waals surface area contributed by atoms with Crippen molar-refractivity contribution in [2.45, 2.75) is 37.8 Å². The number of aliphatic hydroxyl groups is 1. The lowest BCUT2D eigenvalue weighted by atomic mass is 9.91. The molecule has 6 nitrogen and oxygen atoms in total. The average Bonchev–Trinajstić information content (AvgIpc) is 2.97. The van der Waals surface area contributed by atoms with Crippen molar-refractivity contribution in [3.05, 3.63) is 52.6 Å². The van der Waals surface area contributed by atoms with Crippen LogP contribution in [0.4, 0.5) is 0 Å². The summed E-state index contributed by atoms with van der Waals surface area (Å²) in [4.78, 5) is 4.57. The van der Waals surface area contributed by atoms with Crippen LogP contribution in [0.5, 0.6) is 0 Å². The van der Waals surface area contributed by atoms with Crippen LogP contribution in [-0.4, -0.2) is 42.9 Å². The molecule has 142 valence electrons. The molecule has 27 heavy (non-hydrogen) atoms. The van der Waals surface area contributed by atoms with Gasteiger partial charge in [-0.25, -0.2) is 8.42 Å². The van der Waals surface area contributed by atoms with E-state index in [9.17, 15) is 13.5 Å². The Bertz CT molecular complexity index is 1060. The number of sulfonamides is 1. The molecule has 7 heteroatoms. The standard InChI is InChI=1S/C20H23N3O3S/c1-12-9-16(27(25,26)23-8-7-15(23)11-24)4-6-17(12)18-5-3-14-10-22-20(21)19(14)13(18)2/h3-6,9,15,24H,7-8,10-11H2,1-2H3,(H2,21,22)/t15-/m0/s1. The number of benzene rings is 2. The lowest BCUT2D eigenvalue weighted by molar-refractivity contribution is 0.116. The summed E-state index contributed by atoms with van der Waals surface area (Å²) in [6.45, 7) is 4.86. The number of rotatable bonds is 4. The third-order valence-electron chi connectivity index (χ3n) is 5.62. The molecule has 0 aliphatic carbocycles. The zero-order valence-corrected chi connectivity index (χ0v) is 16.3. The normalized spacial score (nSPS) is 19.5. The second kappa shape index (κ2) is 6.44. The Kier molecular flexibility index (Phi) is 4.33. The maximum absolute atomic E-state index is 12.8. The van der Waals surface area contributed by atoms with E-state index in [1.807, 2.05) is 26.0 Å². The average molecular weight is 385 g/mol. The highest BCUT2D eigenvalue weighted by atomic mass is 32.2. The minimum absolute atomic E-state index is 0.145. The highest BCUT2D eigenvalue weighted by Gasteiger charge is 2.38. The van der Waals surface area contributed by atoms with Crippen LogP contribution in [0, 0.1) is 13.8 Å². The van der Waals surface area contributed by atoms with Gasteiger partial charge in [0.2, 0.25) is 10.0 Å². The Morgan fingerprint density at radius 1 is 1.22 bits per heavy atom. The van der Waals surface area contributed by atoms with Gasteiger partial charge in [0.15, 0.2) is 0 Å². The van der Waals surface area contributed by atoms with Gasteiger partial charge < -0.3 is 10.8 Å². The van der Waals surface area contributed by atoms with Gasteiger partial charge in [-0.05, 0) is 60.2 Å². The minimum Gasteiger partial charge on any atom is -0.395 e. The number of fused-ring (bicyclic) bond motifs is 1. The van der Waals surface area contributed by atoms with Crippen LogP contribution < -0.4 is 5.73 Å². The molecule has 2 aliphatic rings. The fourth-order valence-corrected chi connectivity index (χ4v) is 5.69. The summed E-state index contributed by atoms with van der Waals surface area (Å²) < 4.78 is 27.0. The fourth-order valence-electron chi connectivity index (χ4n) is 3.95. The van der Waals surface area contributed by atoms with Crippen LogP contribution in [0.2, 0.25) is 0 Å². The van der Waals surface area contributed by atoms with Crippen molar-refractivity contribution < 1.29 is 13.5 Å². The van der Waals surface area contributed by atoms with Crippen molar-refractivity contribution in [3.8, 4) is 11.1 Å². The highest BCUT2D eigenvalue weighted by molar-refractivity contribution is 7.89. The van der Waals surface area contributed by atoms with Crippen LogP contribution in [0.1, 0.15) is 28.7 Å². The molecule has 3 N–H and O–H groups in total. The van der Waals surface area contributed by atoms with Crippen LogP contribution >= 0.6 is 0 Å². The van der Waals surface area contributed by atoms with Crippen molar-refractivity contribution in [2.24, 2.45) is 10.7 Å². The highest BCUT2D eigenvalue weighted by Crippen LogP contribution is 2.34. The summed E-state index contributed by atoms with van der Waals surface area (Å²) in [7, 11) is -3.58. The Labute approximate surface area is 159 Å². The van der Waals surface area contributed by atoms with Crippen LogP contribution in [0.25, 0.3) is 11.1 Å². The molecule has 0 bridgehead atoms. The maximum atomic E-state index is 12.8. The van der Waals surface area contributed by atoms with Crippen LogP contribution in [0.3, 0.4) is 0 Å². The number of nitrogens with two attached hydrogens (primary N) is 1. The minimum atomic E-state index is -3.58. The molecule has 0 unspecified atom stereocenters. The SMILES string of the molecule is Cc1cc(S(=O)(=O)N2CC[C@H]2CO)ccc1-c1ccc2c(c1C)C(N)=NC2. The molecular formula is C20H23N3O3S. The lowest BCUT2D eigenvalue weighted by Crippen LogP contribution is -2.52. The fraction of sp³-hybridized carbons (Fsp3) is 0.350. The van der Waals surface area contributed by atoms with E-state index < -0.39 is 10.0 Å². The first kappa shape index (κ1) is 18.2. The zero-order chi connectivity index (χ0) is 19.3. The molecule has 0 spiro atoms. The molecule has 2 aromatic carbocycles. The van der Waals surface area contributed by atoms with E-state index in [0.29, 0.717) is 25.3 Å². The van der Waals surface area contributed by atoms with E-state index in [0.717, 1.165) is 33.4 Å². The van der Waals surface area contributed by atoms with E-state index in [4.69, 9.17) is 5.73 Å². The molecule has 0 saturated carbocycles. The number of aliphatic imine (C=N–C) groups is 1. The van der Waals surface area contributed by atoms with Gasteiger partial charge in [-0.2, -0.15) is 4.31 Å². The Balaban J connectivity index is 1.74. The van der Waals surface area contributed by atoms with Gasteiger partial charge in [-0.1, -0.05) is 18.2 Å². The maximum Gasteiger partial charge on any atom is 0.243 e. The molecule has 0 radical (unpaired) electrons. The topological polar surface area (TPSA) is 96.0 Å². The van der Waals surface area contributed by atoms with Crippen molar-refractivity contribution in [3.63, 3.8) is 0 Å². The molecule has 1 saturated heterocycles. The smallest absolute Gasteiger partial charge is 0.243 e. The predicted octanol–water partition coefficient (Wildman–Crippen LogP) is 1.94. The van der Waals surface area contributed by atoms with Crippen molar-refractivity contribution in [1.29, 1.82) is 0 Å². The summed E-state index contributed by atoms with van der Waals surface area (Å²) >= 11 is 0. The zero-order valence-electron chi connectivity index (χ0n) is 15.4. The first-order valence-electron chi connectivity index (χ1n) is 9.01. The first-order chi connectivity index (χ1) is 12.8. The molecule has 2 aliphatic heterocycles. The second-order valence-corrected chi connectivity index (χ2v) is 9.08. The Morgan fingerprint density at radius 3 is 2.59 bits per heavy atom. The second-order valence-electron chi connectivity index (χ2n) is 7.19. The van der Waals surface area contributed by atoms with Crippen molar-refractivity contribution in [1.82, 2.24) is 4.31 Å². The van der Waals surface area contributed by atoms with Gasteiger partial charge in [0.25, 0.3) is 0 Å². The van der Waals surface area contributed by atoms with E-state index in [2.05, 4.69) is 11.1 Å². The predicted molar refractivity (Wildman–Crippen MR) is 105 cm³/mol. The summed E-state index contributed by atoms with van der Waals surface area (Å²) in [5.41, 5.74) is 12.1. The van der Waals surface area contributed by atoms with Gasteiger partial charge >= 0.3 is 0 Å². The number of hydrogen-bond donors (Lipinski definition) is 2. The van der Waals surface area contributed by atoms with Gasteiger partial charge in [-0.15, -0.1) is 0 Å². The van der Waals surface area contributed by atoms with Crippen LogP contribution in [0.15, 0.2) is 40.2 Å². The Morgan fingerprint density at radius 2 is 1.96 bits per heavy atom. The molecule has 1 fully saturated rings. The number of amidine groups is 1. The molecular weight excluding hydrogens is 362 g/mol. The summed E-state index contributed by atoms with van der Waals surface area (Å²) in [5, 5.41) is 9.32. The monoisotopic (exact) mass is 385 g/mol. The molecule has 2 heterocycles. The van der Waals surface area contributed by atoms with E-state index in [-0.39, 0.29) is 17.5 Å². The van der Waals surface area contributed by atoms with Crippen molar-refractivity contribution >= 4 is 15.9 Å². The quantitative estimate of drug-likeness (QED) is 0.841.